The van der Waals surface area contributed by atoms with Crippen molar-refractivity contribution in [3.05, 3.63) is 35.4 Å². The molecule has 1 saturated heterocycles. The summed E-state index contributed by atoms with van der Waals surface area (Å²) >= 11 is 0. The molecule has 1 unspecified atom stereocenters. The second kappa shape index (κ2) is 6.36. The zero-order valence-electron chi connectivity index (χ0n) is 15.6. The third-order valence-electron chi connectivity index (χ3n) is 5.25. The molecule has 1 aliphatic carbocycles. The van der Waals surface area contributed by atoms with Gasteiger partial charge in [-0.2, -0.15) is 0 Å². The van der Waals surface area contributed by atoms with Crippen LogP contribution in [0, 0.1) is 0 Å². The molecule has 1 N–H and O–H groups in total. The van der Waals surface area contributed by atoms with Crippen LogP contribution in [0.2, 0.25) is 0 Å². The van der Waals surface area contributed by atoms with E-state index in [1.54, 1.807) is 6.92 Å². The first kappa shape index (κ1) is 17.8. The van der Waals surface area contributed by atoms with Crippen molar-refractivity contribution in [1.29, 1.82) is 0 Å². The molecule has 1 aliphatic heterocycles. The lowest BCUT2D eigenvalue weighted by atomic mass is 9.73. The lowest BCUT2D eigenvalue weighted by Gasteiger charge is -2.40. The lowest BCUT2D eigenvalue weighted by Crippen LogP contribution is -2.46. The number of hydrogen-bond donors (Lipinski definition) is 1. The number of ether oxygens (including phenoxy) is 1. The number of rotatable bonds is 1. The zero-order chi connectivity index (χ0) is 18.2. The van der Waals surface area contributed by atoms with E-state index in [1.165, 1.54) is 11.1 Å². The predicted molar refractivity (Wildman–Crippen MR) is 96.3 cm³/mol. The molecule has 2 aliphatic rings. The van der Waals surface area contributed by atoms with Crippen molar-refractivity contribution in [3.8, 4) is 0 Å². The van der Waals surface area contributed by atoms with Crippen LogP contribution in [0.1, 0.15) is 64.1 Å². The average molecular weight is 344 g/mol. The number of carbonyl (C=O) groups is 2. The van der Waals surface area contributed by atoms with Gasteiger partial charge in [0.05, 0.1) is 6.04 Å². The van der Waals surface area contributed by atoms with Gasteiger partial charge in [0.15, 0.2) is 0 Å². The molecule has 5 heteroatoms. The van der Waals surface area contributed by atoms with Gasteiger partial charge >= 0.3 is 6.09 Å². The van der Waals surface area contributed by atoms with Crippen molar-refractivity contribution >= 4 is 12.0 Å². The standard InChI is InChI=1S/C20H28N2O3/c1-14(23)21-17-13-20(16-8-6-5-7-15(16)17)9-11-22(12-10-20)18(24)25-19(2,3)4/h5-8,17H,9-13H2,1-4H3,(H,21,23). The Morgan fingerprint density at radius 3 is 2.44 bits per heavy atom. The van der Waals surface area contributed by atoms with Crippen LogP contribution in [0.15, 0.2) is 24.3 Å². The summed E-state index contributed by atoms with van der Waals surface area (Å²) in [5.41, 5.74) is 2.13. The molecule has 0 saturated carbocycles. The van der Waals surface area contributed by atoms with Crippen LogP contribution in [0.3, 0.4) is 0 Å². The highest BCUT2D eigenvalue weighted by Gasteiger charge is 2.46. The van der Waals surface area contributed by atoms with Crippen LogP contribution in [0.5, 0.6) is 0 Å². The fourth-order valence-corrected chi connectivity index (χ4v) is 4.19. The molecule has 3 rings (SSSR count). The van der Waals surface area contributed by atoms with Gasteiger partial charge in [-0.05, 0) is 51.2 Å². The molecule has 5 nitrogen and oxygen atoms in total. The maximum atomic E-state index is 12.3. The zero-order valence-corrected chi connectivity index (χ0v) is 15.6. The first-order chi connectivity index (χ1) is 11.7. The minimum atomic E-state index is -0.470. The summed E-state index contributed by atoms with van der Waals surface area (Å²) in [6.45, 7) is 8.62. The summed E-state index contributed by atoms with van der Waals surface area (Å²) in [5.74, 6) is 0.00282. The highest BCUT2D eigenvalue weighted by molar-refractivity contribution is 5.74. The van der Waals surface area contributed by atoms with Crippen molar-refractivity contribution in [2.45, 2.75) is 64.0 Å². The molecule has 1 aromatic carbocycles. The van der Waals surface area contributed by atoms with Crippen LogP contribution in [-0.4, -0.2) is 35.6 Å². The number of fused-ring (bicyclic) bond motifs is 2. The fourth-order valence-electron chi connectivity index (χ4n) is 4.19. The summed E-state index contributed by atoms with van der Waals surface area (Å²) < 4.78 is 5.50. The Bertz CT molecular complexity index is 670. The molecule has 136 valence electrons. The van der Waals surface area contributed by atoms with Crippen LogP contribution in [0.4, 0.5) is 4.79 Å². The van der Waals surface area contributed by atoms with Crippen LogP contribution < -0.4 is 5.32 Å². The lowest BCUT2D eigenvalue weighted by molar-refractivity contribution is -0.119. The number of hydrogen-bond acceptors (Lipinski definition) is 3. The third-order valence-corrected chi connectivity index (χ3v) is 5.25. The largest absolute Gasteiger partial charge is 0.444 e. The molecule has 1 atom stereocenters. The van der Waals surface area contributed by atoms with Crippen molar-refractivity contribution in [2.75, 3.05) is 13.1 Å². The quantitative estimate of drug-likeness (QED) is 0.848. The summed E-state index contributed by atoms with van der Waals surface area (Å²) in [5, 5.41) is 3.09. The van der Waals surface area contributed by atoms with E-state index >= 15 is 0 Å². The highest BCUT2D eigenvalue weighted by atomic mass is 16.6. The van der Waals surface area contributed by atoms with Crippen molar-refractivity contribution < 1.29 is 14.3 Å². The average Bonchev–Trinajstić information content (AvgIpc) is 2.80. The van der Waals surface area contributed by atoms with Gasteiger partial charge in [0.2, 0.25) is 5.91 Å². The van der Waals surface area contributed by atoms with Crippen LogP contribution in [0.25, 0.3) is 0 Å². The Balaban J connectivity index is 1.75. The predicted octanol–water partition coefficient (Wildman–Crippen LogP) is 3.54. The number of amides is 2. The van der Waals surface area contributed by atoms with Gasteiger partial charge < -0.3 is 15.0 Å². The number of piperidine rings is 1. The summed E-state index contributed by atoms with van der Waals surface area (Å²) in [4.78, 5) is 25.7. The number of benzene rings is 1. The molecule has 2 amide bonds. The molecule has 1 fully saturated rings. The molecule has 1 spiro atoms. The SMILES string of the molecule is CC(=O)NC1CC2(CCN(C(=O)OC(C)(C)C)CC2)c2ccccc21. The Morgan fingerprint density at radius 1 is 1.20 bits per heavy atom. The number of likely N-dealkylation sites (tertiary alicyclic amines) is 1. The molecule has 0 aromatic heterocycles. The minimum absolute atomic E-state index is 0.00282. The van der Waals surface area contributed by atoms with Gasteiger partial charge in [0, 0.05) is 25.4 Å². The normalized spacial score (nSPS) is 21.8. The van der Waals surface area contributed by atoms with Gasteiger partial charge in [0.25, 0.3) is 0 Å². The van der Waals surface area contributed by atoms with Gasteiger partial charge in [-0.15, -0.1) is 0 Å². The monoisotopic (exact) mass is 344 g/mol. The summed E-state index contributed by atoms with van der Waals surface area (Å²) in [6, 6.07) is 8.46. The smallest absolute Gasteiger partial charge is 0.410 e. The van der Waals surface area contributed by atoms with Crippen molar-refractivity contribution in [1.82, 2.24) is 10.2 Å². The van der Waals surface area contributed by atoms with Gasteiger partial charge in [-0.25, -0.2) is 4.79 Å². The van der Waals surface area contributed by atoms with E-state index in [0.717, 1.165) is 19.3 Å². The van der Waals surface area contributed by atoms with Crippen molar-refractivity contribution in [3.63, 3.8) is 0 Å². The fraction of sp³-hybridized carbons (Fsp3) is 0.600. The molecule has 1 aromatic rings. The maximum Gasteiger partial charge on any atom is 0.410 e. The molecule has 0 radical (unpaired) electrons. The maximum absolute atomic E-state index is 12.3. The van der Waals surface area contributed by atoms with E-state index in [-0.39, 0.29) is 23.5 Å². The van der Waals surface area contributed by atoms with Gasteiger partial charge in [-0.3, -0.25) is 4.79 Å². The number of nitrogens with zero attached hydrogens (tertiary/aromatic N) is 1. The van der Waals surface area contributed by atoms with Crippen molar-refractivity contribution in [2.24, 2.45) is 0 Å². The summed E-state index contributed by atoms with van der Waals surface area (Å²) in [7, 11) is 0. The number of carbonyl (C=O) groups excluding carboxylic acids is 2. The van der Waals surface area contributed by atoms with E-state index < -0.39 is 5.60 Å². The second-order valence-electron chi connectivity index (χ2n) is 8.29. The number of nitrogens with one attached hydrogen (secondary N) is 1. The van der Waals surface area contributed by atoms with E-state index in [1.807, 2.05) is 31.7 Å². The molecular weight excluding hydrogens is 316 g/mol. The molecule has 1 heterocycles. The minimum Gasteiger partial charge on any atom is -0.444 e. The van der Waals surface area contributed by atoms with E-state index in [0.29, 0.717) is 13.1 Å². The van der Waals surface area contributed by atoms with E-state index in [9.17, 15) is 9.59 Å². The Morgan fingerprint density at radius 2 is 1.84 bits per heavy atom. The molecule has 25 heavy (non-hydrogen) atoms. The molecular formula is C20H28N2O3. The van der Waals surface area contributed by atoms with Crippen LogP contribution in [-0.2, 0) is 14.9 Å². The van der Waals surface area contributed by atoms with Gasteiger partial charge in [-0.1, -0.05) is 24.3 Å². The Kier molecular flexibility index (Phi) is 4.52. The Hall–Kier alpha value is -2.04. The Labute approximate surface area is 149 Å². The van der Waals surface area contributed by atoms with Crippen LogP contribution >= 0.6 is 0 Å². The van der Waals surface area contributed by atoms with E-state index in [2.05, 4.69) is 23.5 Å². The first-order valence-electron chi connectivity index (χ1n) is 9.05. The molecule has 0 bridgehead atoms. The first-order valence-corrected chi connectivity index (χ1v) is 9.05. The van der Waals surface area contributed by atoms with Gasteiger partial charge in [0.1, 0.15) is 5.60 Å². The highest BCUT2D eigenvalue weighted by Crippen LogP contribution is 2.50. The summed E-state index contributed by atoms with van der Waals surface area (Å²) in [6.07, 6.45) is 2.49. The van der Waals surface area contributed by atoms with E-state index in [4.69, 9.17) is 4.74 Å². The third kappa shape index (κ3) is 3.65. The topological polar surface area (TPSA) is 58.6 Å². The second-order valence-corrected chi connectivity index (χ2v) is 8.29.